The van der Waals surface area contributed by atoms with Gasteiger partial charge in [-0.2, -0.15) is 0 Å². The number of ether oxygens (including phenoxy) is 1. The van der Waals surface area contributed by atoms with E-state index < -0.39 is 0 Å². The van der Waals surface area contributed by atoms with Gasteiger partial charge in [-0.1, -0.05) is 19.1 Å². The third-order valence-corrected chi connectivity index (χ3v) is 4.29. The van der Waals surface area contributed by atoms with Crippen molar-refractivity contribution < 1.29 is 9.53 Å². The number of carbonyl (C=O) groups excluding carboxylic acids is 1. The van der Waals surface area contributed by atoms with Crippen LogP contribution < -0.4 is 0 Å². The highest BCUT2D eigenvalue weighted by molar-refractivity contribution is 5.81. The zero-order chi connectivity index (χ0) is 15.7. The molecule has 2 heterocycles. The third-order valence-electron chi connectivity index (χ3n) is 4.29. The fourth-order valence-corrected chi connectivity index (χ4v) is 3.11. The lowest BCUT2D eigenvalue weighted by atomic mass is 10.0. The van der Waals surface area contributed by atoms with E-state index in [0.717, 1.165) is 23.3 Å². The molecule has 5 nitrogen and oxygen atoms in total. The van der Waals surface area contributed by atoms with Gasteiger partial charge in [0.1, 0.15) is 12.4 Å². The summed E-state index contributed by atoms with van der Waals surface area (Å²) in [7, 11) is 0. The average molecular weight is 301 g/mol. The van der Waals surface area contributed by atoms with Gasteiger partial charge in [0.2, 0.25) is 5.91 Å². The molecule has 0 N–H and O–H groups in total. The highest BCUT2D eigenvalue weighted by Gasteiger charge is 2.34. The molecule has 118 valence electrons. The summed E-state index contributed by atoms with van der Waals surface area (Å²) in [6.45, 7) is 8.37. The van der Waals surface area contributed by atoms with Gasteiger partial charge in [-0.25, -0.2) is 4.98 Å². The molecule has 0 aliphatic carbocycles. The van der Waals surface area contributed by atoms with E-state index in [1.807, 2.05) is 33.7 Å². The van der Waals surface area contributed by atoms with Gasteiger partial charge < -0.3 is 14.2 Å². The minimum Gasteiger partial charge on any atom is -0.377 e. The first kappa shape index (κ1) is 15.0. The van der Waals surface area contributed by atoms with E-state index in [-0.39, 0.29) is 11.4 Å². The van der Waals surface area contributed by atoms with E-state index in [1.54, 1.807) is 0 Å². The van der Waals surface area contributed by atoms with Crippen LogP contribution in [0.15, 0.2) is 24.3 Å². The van der Waals surface area contributed by atoms with E-state index in [9.17, 15) is 4.79 Å². The Balaban J connectivity index is 1.91. The number of nitrogens with zero attached hydrogens (tertiary/aromatic N) is 3. The van der Waals surface area contributed by atoms with Gasteiger partial charge in [0.25, 0.3) is 0 Å². The van der Waals surface area contributed by atoms with Crippen molar-refractivity contribution in [2.75, 3.05) is 19.8 Å². The van der Waals surface area contributed by atoms with E-state index >= 15 is 0 Å². The molecule has 0 saturated carbocycles. The molecule has 0 spiro atoms. The molecule has 2 aromatic rings. The second-order valence-electron chi connectivity index (χ2n) is 6.37. The number of rotatable bonds is 3. The molecule has 1 saturated heterocycles. The van der Waals surface area contributed by atoms with Crippen LogP contribution in [0.2, 0.25) is 0 Å². The standard InChI is InChI=1S/C17H23N3O2/c1-4-15-18-13-7-5-6-8-14(13)19(15)11-16(21)20-9-10-22-12-17(20,2)3/h5-8H,4,9-12H2,1-3H3. The van der Waals surface area contributed by atoms with Crippen LogP contribution in [0, 0.1) is 0 Å². The molecule has 1 fully saturated rings. The van der Waals surface area contributed by atoms with E-state index in [1.165, 1.54) is 0 Å². The van der Waals surface area contributed by atoms with Crippen molar-refractivity contribution in [3.05, 3.63) is 30.1 Å². The molecule has 5 heteroatoms. The smallest absolute Gasteiger partial charge is 0.243 e. The summed E-state index contributed by atoms with van der Waals surface area (Å²) in [6.07, 6.45) is 0.814. The van der Waals surface area contributed by atoms with Gasteiger partial charge in [-0.05, 0) is 26.0 Å². The monoisotopic (exact) mass is 301 g/mol. The Morgan fingerprint density at radius 1 is 1.36 bits per heavy atom. The summed E-state index contributed by atoms with van der Waals surface area (Å²) in [5, 5.41) is 0. The Bertz CT molecular complexity index is 690. The third kappa shape index (κ3) is 2.61. The van der Waals surface area contributed by atoms with Crippen LogP contribution in [0.3, 0.4) is 0 Å². The van der Waals surface area contributed by atoms with Crippen LogP contribution in [-0.4, -0.2) is 45.7 Å². The first-order valence-electron chi connectivity index (χ1n) is 7.85. The lowest BCUT2D eigenvalue weighted by molar-refractivity contribution is -0.146. The zero-order valence-corrected chi connectivity index (χ0v) is 13.5. The molecule has 0 bridgehead atoms. The van der Waals surface area contributed by atoms with Crippen molar-refractivity contribution in [1.29, 1.82) is 0 Å². The Morgan fingerprint density at radius 2 is 2.14 bits per heavy atom. The van der Waals surface area contributed by atoms with Crippen LogP contribution in [-0.2, 0) is 22.5 Å². The zero-order valence-electron chi connectivity index (χ0n) is 13.5. The largest absolute Gasteiger partial charge is 0.377 e. The summed E-state index contributed by atoms with van der Waals surface area (Å²) in [5.41, 5.74) is 1.73. The molecular weight excluding hydrogens is 278 g/mol. The minimum absolute atomic E-state index is 0.131. The highest BCUT2D eigenvalue weighted by atomic mass is 16.5. The molecule has 1 aromatic carbocycles. The number of hydrogen-bond donors (Lipinski definition) is 0. The minimum atomic E-state index is -0.252. The molecule has 1 aromatic heterocycles. The maximum absolute atomic E-state index is 12.8. The van der Waals surface area contributed by atoms with Crippen LogP contribution in [0.25, 0.3) is 11.0 Å². The fourth-order valence-electron chi connectivity index (χ4n) is 3.11. The van der Waals surface area contributed by atoms with Crippen LogP contribution in [0.1, 0.15) is 26.6 Å². The Labute approximate surface area is 130 Å². The van der Waals surface area contributed by atoms with Crippen molar-refractivity contribution in [3.63, 3.8) is 0 Å². The predicted molar refractivity (Wildman–Crippen MR) is 85.7 cm³/mol. The normalized spacial score (nSPS) is 17.9. The maximum atomic E-state index is 12.8. The summed E-state index contributed by atoms with van der Waals surface area (Å²) in [4.78, 5) is 19.4. The molecule has 1 aliphatic heterocycles. The fraction of sp³-hybridized carbons (Fsp3) is 0.529. The number of morpholine rings is 1. The molecule has 1 aliphatic rings. The van der Waals surface area contributed by atoms with Crippen molar-refractivity contribution >= 4 is 16.9 Å². The summed E-state index contributed by atoms with van der Waals surface area (Å²) < 4.78 is 7.55. The van der Waals surface area contributed by atoms with E-state index in [4.69, 9.17) is 4.74 Å². The van der Waals surface area contributed by atoms with Gasteiger partial charge in [-0.3, -0.25) is 4.79 Å². The molecule has 0 atom stereocenters. The second kappa shape index (κ2) is 5.72. The van der Waals surface area contributed by atoms with Gasteiger partial charge >= 0.3 is 0 Å². The topological polar surface area (TPSA) is 47.4 Å². The lowest BCUT2D eigenvalue weighted by Gasteiger charge is -2.42. The Morgan fingerprint density at radius 3 is 2.86 bits per heavy atom. The first-order valence-corrected chi connectivity index (χ1v) is 7.85. The highest BCUT2D eigenvalue weighted by Crippen LogP contribution is 2.21. The number of aryl methyl sites for hydroxylation is 1. The lowest BCUT2D eigenvalue weighted by Crippen LogP contribution is -2.56. The van der Waals surface area contributed by atoms with Crippen molar-refractivity contribution in [2.45, 2.75) is 39.3 Å². The molecule has 0 radical (unpaired) electrons. The van der Waals surface area contributed by atoms with Crippen LogP contribution in [0.5, 0.6) is 0 Å². The summed E-state index contributed by atoms with van der Waals surface area (Å²) in [6, 6.07) is 7.99. The first-order chi connectivity index (χ1) is 10.5. The van der Waals surface area contributed by atoms with E-state index in [2.05, 4.69) is 25.8 Å². The number of para-hydroxylation sites is 2. The molecule has 3 rings (SSSR count). The predicted octanol–water partition coefficient (Wildman–Crippen LogP) is 2.24. The van der Waals surface area contributed by atoms with Crippen molar-refractivity contribution in [2.24, 2.45) is 0 Å². The van der Waals surface area contributed by atoms with Gasteiger partial charge in [0.05, 0.1) is 29.8 Å². The molecular formula is C17H23N3O2. The number of aromatic nitrogens is 2. The maximum Gasteiger partial charge on any atom is 0.243 e. The van der Waals surface area contributed by atoms with Gasteiger partial charge in [0.15, 0.2) is 0 Å². The average Bonchev–Trinajstić information content (AvgIpc) is 2.85. The Kier molecular flexibility index (Phi) is 3.91. The van der Waals surface area contributed by atoms with Gasteiger partial charge in [-0.15, -0.1) is 0 Å². The SMILES string of the molecule is CCc1nc2ccccc2n1CC(=O)N1CCOCC1(C)C. The molecule has 1 amide bonds. The number of imidazole rings is 1. The summed E-state index contributed by atoms with van der Waals surface area (Å²) in [5.74, 6) is 1.09. The molecule has 22 heavy (non-hydrogen) atoms. The number of benzene rings is 1. The van der Waals surface area contributed by atoms with Crippen LogP contribution in [0.4, 0.5) is 0 Å². The number of carbonyl (C=O) groups is 1. The van der Waals surface area contributed by atoms with Gasteiger partial charge in [0, 0.05) is 13.0 Å². The van der Waals surface area contributed by atoms with Crippen molar-refractivity contribution in [1.82, 2.24) is 14.5 Å². The van der Waals surface area contributed by atoms with Crippen molar-refractivity contribution in [3.8, 4) is 0 Å². The number of amides is 1. The molecule has 0 unspecified atom stereocenters. The summed E-state index contributed by atoms with van der Waals surface area (Å²) >= 11 is 0. The number of fused-ring (bicyclic) bond motifs is 1. The van der Waals surface area contributed by atoms with E-state index in [0.29, 0.717) is 26.3 Å². The Hall–Kier alpha value is -1.88. The second-order valence-corrected chi connectivity index (χ2v) is 6.37. The quantitative estimate of drug-likeness (QED) is 0.873. The van der Waals surface area contributed by atoms with Crippen LogP contribution >= 0.6 is 0 Å². The number of hydrogen-bond acceptors (Lipinski definition) is 3.